The molecule has 0 radical (unpaired) electrons. The van der Waals surface area contributed by atoms with Crippen LogP contribution < -0.4 is 4.90 Å². The van der Waals surface area contributed by atoms with Gasteiger partial charge in [0.1, 0.15) is 0 Å². The summed E-state index contributed by atoms with van der Waals surface area (Å²) in [7, 11) is 0. The van der Waals surface area contributed by atoms with Crippen molar-refractivity contribution < 1.29 is 9.53 Å². The summed E-state index contributed by atoms with van der Waals surface area (Å²) in [5.41, 5.74) is 6.48. The Labute approximate surface area is 217 Å². The molecule has 0 spiro atoms. The highest BCUT2D eigenvalue weighted by Crippen LogP contribution is 2.39. The van der Waals surface area contributed by atoms with Crippen LogP contribution in [0.5, 0.6) is 0 Å². The maximum absolute atomic E-state index is 12.3. The fourth-order valence-electron chi connectivity index (χ4n) is 5.73. The number of hydrogen-bond acceptors (Lipinski definition) is 7. The van der Waals surface area contributed by atoms with Crippen molar-refractivity contribution in [1.82, 2.24) is 29.6 Å². The normalized spacial score (nSPS) is 18.2. The molecule has 6 rings (SSSR count). The highest BCUT2D eigenvalue weighted by Gasteiger charge is 2.33. The maximum atomic E-state index is 12.3. The molecule has 0 N–H and O–H groups in total. The Morgan fingerprint density at radius 1 is 1.08 bits per heavy atom. The number of aromatic nitrogens is 5. The number of carbonyl (C=O) groups excluding carboxylic acids is 1. The van der Waals surface area contributed by atoms with Gasteiger partial charge in [0, 0.05) is 68.4 Å². The van der Waals surface area contributed by atoms with Gasteiger partial charge in [0.15, 0.2) is 11.6 Å². The molecule has 3 aromatic heterocycles. The first-order valence-corrected chi connectivity index (χ1v) is 13.5. The molecule has 0 saturated carbocycles. The highest BCUT2D eigenvalue weighted by atomic mass is 16.5. The average molecular weight is 502 g/mol. The smallest absolute Gasteiger partial charge is 0.219 e. The van der Waals surface area contributed by atoms with Gasteiger partial charge in [-0.05, 0) is 43.7 Å². The molecule has 9 heteroatoms. The molecule has 9 nitrogen and oxygen atoms in total. The van der Waals surface area contributed by atoms with Crippen LogP contribution in [0.15, 0.2) is 24.5 Å². The highest BCUT2D eigenvalue weighted by molar-refractivity contribution is 5.75. The predicted octanol–water partition coefficient (Wildman–Crippen LogP) is 4.20. The van der Waals surface area contributed by atoms with Crippen LogP contribution in [0, 0.1) is 0 Å². The summed E-state index contributed by atoms with van der Waals surface area (Å²) in [4.78, 5) is 30.8. The molecule has 37 heavy (non-hydrogen) atoms. The van der Waals surface area contributed by atoms with Gasteiger partial charge in [-0.2, -0.15) is 5.10 Å². The van der Waals surface area contributed by atoms with Crippen molar-refractivity contribution in [2.45, 2.75) is 71.4 Å². The van der Waals surface area contributed by atoms with E-state index in [4.69, 9.17) is 19.8 Å². The minimum atomic E-state index is 0.111. The van der Waals surface area contributed by atoms with Gasteiger partial charge in [0.25, 0.3) is 0 Å². The van der Waals surface area contributed by atoms with E-state index >= 15 is 0 Å². The number of anilines is 2. The molecule has 1 saturated heterocycles. The maximum Gasteiger partial charge on any atom is 0.219 e. The molecule has 194 valence electrons. The number of nitrogens with zero attached hydrogens (tertiary/aromatic N) is 7. The fraction of sp³-hybridized carbons (Fsp3) is 0.536. The SMILES string of the molecule is CC(=O)N1CCc2c(c(N3CCCc4nc(-c5ccc(C(C)C)nc5)ncc43)nn2C2CCOCC2)C1. The molecule has 0 unspecified atom stereocenters. The van der Waals surface area contributed by atoms with E-state index in [0.717, 1.165) is 86.9 Å². The zero-order valence-electron chi connectivity index (χ0n) is 22.0. The molecule has 0 bridgehead atoms. The number of amides is 1. The first-order chi connectivity index (χ1) is 18.0. The van der Waals surface area contributed by atoms with Gasteiger partial charge in [0.05, 0.1) is 30.2 Å². The van der Waals surface area contributed by atoms with Crippen molar-refractivity contribution in [3.05, 3.63) is 47.2 Å². The lowest BCUT2D eigenvalue weighted by Gasteiger charge is -2.32. The number of aryl methyl sites for hydroxylation is 1. The van der Waals surface area contributed by atoms with E-state index < -0.39 is 0 Å². The van der Waals surface area contributed by atoms with Gasteiger partial charge in [-0.1, -0.05) is 13.8 Å². The van der Waals surface area contributed by atoms with Crippen molar-refractivity contribution in [3.63, 3.8) is 0 Å². The van der Waals surface area contributed by atoms with Crippen LogP contribution in [0.25, 0.3) is 11.4 Å². The topological polar surface area (TPSA) is 89.3 Å². The summed E-state index contributed by atoms with van der Waals surface area (Å²) in [6.45, 7) is 9.67. The average Bonchev–Trinajstić information content (AvgIpc) is 3.31. The van der Waals surface area contributed by atoms with E-state index in [0.29, 0.717) is 24.3 Å². The number of hydrogen-bond donors (Lipinski definition) is 0. The Kier molecular flexibility index (Phi) is 6.40. The molecule has 3 aliphatic heterocycles. The van der Waals surface area contributed by atoms with E-state index in [1.807, 2.05) is 17.3 Å². The summed E-state index contributed by atoms with van der Waals surface area (Å²) < 4.78 is 7.87. The molecule has 3 aromatic rings. The Bertz CT molecular complexity index is 1290. The van der Waals surface area contributed by atoms with Crippen LogP contribution in [-0.2, 0) is 28.9 Å². The second-order valence-electron chi connectivity index (χ2n) is 10.6. The zero-order valence-corrected chi connectivity index (χ0v) is 22.0. The van der Waals surface area contributed by atoms with E-state index in [9.17, 15) is 4.79 Å². The molecular weight excluding hydrogens is 466 g/mol. The van der Waals surface area contributed by atoms with E-state index in [2.05, 4.69) is 40.5 Å². The summed E-state index contributed by atoms with van der Waals surface area (Å²) in [5.74, 6) is 2.16. The number of rotatable bonds is 4. The Morgan fingerprint density at radius 3 is 2.65 bits per heavy atom. The molecule has 3 aliphatic rings. The van der Waals surface area contributed by atoms with Crippen LogP contribution in [0.1, 0.15) is 74.6 Å². The molecule has 0 aromatic carbocycles. The third kappa shape index (κ3) is 4.50. The second kappa shape index (κ2) is 9.85. The van der Waals surface area contributed by atoms with Crippen LogP contribution in [-0.4, -0.2) is 61.8 Å². The third-order valence-electron chi connectivity index (χ3n) is 7.87. The lowest BCUT2D eigenvalue weighted by Crippen LogP contribution is -2.36. The van der Waals surface area contributed by atoms with E-state index in [1.165, 1.54) is 11.3 Å². The molecule has 1 fully saturated rings. The number of ether oxygens (including phenoxy) is 1. The van der Waals surface area contributed by atoms with Crippen molar-refractivity contribution in [3.8, 4) is 11.4 Å². The first kappa shape index (κ1) is 24.0. The van der Waals surface area contributed by atoms with Gasteiger partial charge in [-0.15, -0.1) is 0 Å². The fourth-order valence-corrected chi connectivity index (χ4v) is 5.73. The van der Waals surface area contributed by atoms with E-state index in [-0.39, 0.29) is 5.91 Å². The van der Waals surface area contributed by atoms with Crippen LogP contribution in [0.3, 0.4) is 0 Å². The van der Waals surface area contributed by atoms with Crippen molar-refractivity contribution in [2.24, 2.45) is 0 Å². The minimum Gasteiger partial charge on any atom is -0.381 e. The first-order valence-electron chi connectivity index (χ1n) is 13.5. The second-order valence-corrected chi connectivity index (χ2v) is 10.6. The lowest BCUT2D eigenvalue weighted by atomic mass is 10.0. The third-order valence-corrected chi connectivity index (χ3v) is 7.87. The predicted molar refractivity (Wildman–Crippen MR) is 141 cm³/mol. The molecular formula is C28H35N7O2. The number of pyridine rings is 1. The summed E-state index contributed by atoms with van der Waals surface area (Å²) >= 11 is 0. The molecule has 0 aliphatic carbocycles. The van der Waals surface area contributed by atoms with Crippen molar-refractivity contribution in [2.75, 3.05) is 31.2 Å². The summed E-state index contributed by atoms with van der Waals surface area (Å²) in [6, 6.07) is 4.46. The van der Waals surface area contributed by atoms with E-state index in [1.54, 1.807) is 6.92 Å². The van der Waals surface area contributed by atoms with Crippen LogP contribution in [0.2, 0.25) is 0 Å². The van der Waals surface area contributed by atoms with Crippen LogP contribution in [0.4, 0.5) is 11.5 Å². The quantitative estimate of drug-likeness (QED) is 0.529. The largest absolute Gasteiger partial charge is 0.381 e. The number of fused-ring (bicyclic) bond motifs is 2. The summed E-state index contributed by atoms with van der Waals surface area (Å²) in [5, 5.41) is 5.22. The van der Waals surface area contributed by atoms with Gasteiger partial charge in [-0.25, -0.2) is 9.97 Å². The lowest BCUT2D eigenvalue weighted by molar-refractivity contribution is -0.129. The Hall–Kier alpha value is -3.33. The van der Waals surface area contributed by atoms with Crippen molar-refractivity contribution in [1.29, 1.82) is 0 Å². The Balaban J connectivity index is 1.37. The van der Waals surface area contributed by atoms with Crippen LogP contribution >= 0.6 is 0 Å². The zero-order chi connectivity index (χ0) is 25.5. The Morgan fingerprint density at radius 2 is 1.92 bits per heavy atom. The van der Waals surface area contributed by atoms with Gasteiger partial charge in [0.2, 0.25) is 5.91 Å². The number of carbonyl (C=O) groups is 1. The molecule has 6 heterocycles. The standard InChI is InChI=1S/C28H35N7O2/c1-18(2)23-7-6-20(15-29-23)27-30-16-26-24(31-27)5-4-11-34(26)28-22-17-33(19(3)36)12-8-25(22)35(32-28)21-9-13-37-14-10-21/h6-7,15-16,18,21H,4-5,8-14,17H2,1-3H3. The van der Waals surface area contributed by atoms with Gasteiger partial charge >= 0.3 is 0 Å². The molecule has 1 amide bonds. The monoisotopic (exact) mass is 501 g/mol. The van der Waals surface area contributed by atoms with Gasteiger partial charge < -0.3 is 14.5 Å². The minimum absolute atomic E-state index is 0.111. The van der Waals surface area contributed by atoms with Crippen molar-refractivity contribution >= 4 is 17.4 Å². The summed E-state index contributed by atoms with van der Waals surface area (Å²) in [6.07, 6.45) is 8.48. The van der Waals surface area contributed by atoms with Gasteiger partial charge in [-0.3, -0.25) is 14.5 Å². The molecule has 0 atom stereocenters.